The van der Waals surface area contributed by atoms with Crippen LogP contribution in [0.25, 0.3) is 0 Å². The van der Waals surface area contributed by atoms with E-state index >= 15 is 0 Å². The van der Waals surface area contributed by atoms with Gasteiger partial charge in [0, 0.05) is 0 Å². The molecule has 7 heavy (non-hydrogen) atoms. The van der Waals surface area contributed by atoms with Crippen LogP contribution in [0.3, 0.4) is 0 Å². The van der Waals surface area contributed by atoms with Gasteiger partial charge in [0.15, 0.2) is 0 Å². The smallest absolute Gasteiger partial charge is 0.344 e. The molecule has 0 aromatic carbocycles. The second kappa shape index (κ2) is 870. The van der Waals surface area contributed by atoms with E-state index < -0.39 is 0 Å². The summed E-state index contributed by atoms with van der Waals surface area (Å²) in [7, 11) is 0. The van der Waals surface area contributed by atoms with Crippen molar-refractivity contribution in [1.82, 2.24) is 6.15 Å². The molecule has 0 unspecified atom stereocenters. The molecule has 0 saturated heterocycles. The zero-order valence-electron chi connectivity index (χ0n) is 4.02. The van der Waals surface area contributed by atoms with E-state index in [0.29, 0.717) is 0 Å². The molecular formula is C4H13NO2. The number of carbonyl (C=O) groups excluding carboxylic acids is 2. The van der Waals surface area contributed by atoms with Gasteiger partial charge in [-0.25, -0.2) is 0 Å². The molecule has 0 radical (unpaired) electrons. The third kappa shape index (κ3) is 137. The Labute approximate surface area is 44.3 Å². The van der Waals surface area contributed by atoms with Crippen LogP contribution < -0.4 is 6.15 Å². The average molecular weight is 107 g/mol. The van der Waals surface area contributed by atoms with Crippen molar-refractivity contribution in [1.29, 1.82) is 0 Å². The van der Waals surface area contributed by atoms with Gasteiger partial charge >= 0.3 is 6.15 Å². The van der Waals surface area contributed by atoms with E-state index in [-0.39, 0.29) is 19.7 Å². The summed E-state index contributed by atoms with van der Waals surface area (Å²) in [5.41, 5.74) is 0. The van der Waals surface area contributed by atoms with Crippen molar-refractivity contribution < 1.29 is 9.59 Å². The molecule has 0 bridgehead atoms. The van der Waals surface area contributed by atoms with Gasteiger partial charge in [-0.2, -0.15) is 9.59 Å². The Balaban J connectivity index is -0.0000000105. The van der Waals surface area contributed by atoms with Crippen LogP contribution >= 0.6 is 0 Å². The minimum atomic E-state index is 0. The Bertz CT molecular complexity index is 30.7. The molecule has 0 saturated carbocycles. The molecule has 3 heteroatoms. The maximum atomic E-state index is 8.12. The summed E-state index contributed by atoms with van der Waals surface area (Å²) in [6.45, 7) is 4.00. The van der Waals surface area contributed by atoms with Crippen LogP contribution in [0.4, 0.5) is 0 Å². The van der Waals surface area contributed by atoms with Crippen LogP contribution in [0, 0.1) is 0 Å². The minimum absolute atomic E-state index is 0. The largest absolute Gasteiger partial charge is 0.373 e. The Hall–Kier alpha value is -0.660. The Morgan fingerprint density at radius 2 is 1.14 bits per heavy atom. The third-order valence-electron chi connectivity index (χ3n) is 0. The van der Waals surface area contributed by atoms with Gasteiger partial charge in [0.05, 0.1) is 0 Å². The first-order valence-electron chi connectivity index (χ1n) is 1.41. The Morgan fingerprint density at radius 3 is 1.14 bits per heavy atom. The summed E-state index contributed by atoms with van der Waals surface area (Å²) in [4.78, 5) is 16.2. The van der Waals surface area contributed by atoms with Gasteiger partial charge in [-0.1, -0.05) is 21.3 Å². The van der Waals surface area contributed by atoms with Crippen LogP contribution in [0.5, 0.6) is 0 Å². The molecule has 0 aliphatic carbocycles. The summed E-state index contributed by atoms with van der Waals surface area (Å²) < 4.78 is 0. The summed E-state index contributed by atoms with van der Waals surface area (Å²) in [5, 5.41) is 0. The molecule has 0 aromatic rings. The number of rotatable bonds is 0. The molecule has 0 heterocycles. The molecule has 46 valence electrons. The zero-order valence-corrected chi connectivity index (χ0v) is 4.02. The predicted molar refractivity (Wildman–Crippen MR) is 28.1 cm³/mol. The highest BCUT2D eigenvalue weighted by Gasteiger charge is 1.13. The average Bonchev–Trinajstić information content (AvgIpc) is 1.46. The van der Waals surface area contributed by atoms with Crippen molar-refractivity contribution in [2.24, 2.45) is 0 Å². The summed E-state index contributed by atoms with van der Waals surface area (Å²) >= 11 is 0. The highest BCUT2D eigenvalue weighted by molar-refractivity contribution is 5.20. The van der Waals surface area contributed by atoms with E-state index in [1.165, 1.54) is 0 Å². The Morgan fingerprint density at radius 1 is 1.14 bits per heavy atom. The van der Waals surface area contributed by atoms with Crippen molar-refractivity contribution in [3.05, 3.63) is 0 Å². The highest BCUT2D eigenvalue weighted by atomic mass is 16.2. The maximum absolute atomic E-state index is 8.12. The molecule has 0 fully saturated rings. The number of hydrogen-bond acceptors (Lipinski definition) is 3. The van der Waals surface area contributed by atoms with E-state index in [1.807, 2.05) is 13.8 Å². The van der Waals surface area contributed by atoms with Gasteiger partial charge in [0.25, 0.3) is 0 Å². The SMILES string of the molecule is C.CC.N.O=C=O. The summed E-state index contributed by atoms with van der Waals surface area (Å²) in [6.07, 6.45) is 0.250. The molecule has 3 nitrogen and oxygen atoms in total. The topological polar surface area (TPSA) is 69.1 Å². The normalized spacial score (nSPS) is 2.00. The fraction of sp³-hybridized carbons (Fsp3) is 0.750. The lowest BCUT2D eigenvalue weighted by molar-refractivity contribution is -0.191. The van der Waals surface area contributed by atoms with Crippen molar-refractivity contribution in [2.45, 2.75) is 21.3 Å². The summed E-state index contributed by atoms with van der Waals surface area (Å²) in [5.74, 6) is 0. The quantitative estimate of drug-likeness (QED) is 0.506. The molecule has 0 aromatic heterocycles. The molecule has 0 aliphatic rings. The molecule has 3 N–H and O–H groups in total. The zero-order chi connectivity index (χ0) is 4.71. The molecule has 0 amide bonds. The third-order valence-corrected chi connectivity index (χ3v) is 0. The number of hydrogen-bond donors (Lipinski definition) is 1. The fourth-order valence-electron chi connectivity index (χ4n) is 0. The standard InChI is InChI=1S/C2H6.CO2.CH4.H3N/c1-2;2-1-3;;/h1-2H3;;1H4;1H3. The second-order valence-electron chi connectivity index (χ2n) is 0.0833. The van der Waals surface area contributed by atoms with Crippen LogP contribution in [-0.4, -0.2) is 6.15 Å². The van der Waals surface area contributed by atoms with Crippen LogP contribution in [0.2, 0.25) is 0 Å². The lowest BCUT2D eigenvalue weighted by Crippen LogP contribution is -1.22. The van der Waals surface area contributed by atoms with Crippen molar-refractivity contribution in [3.63, 3.8) is 0 Å². The first-order valence-corrected chi connectivity index (χ1v) is 1.41. The highest BCUT2D eigenvalue weighted by Crippen LogP contribution is 1.14. The lowest BCUT2D eigenvalue weighted by Gasteiger charge is -1.07. The van der Waals surface area contributed by atoms with E-state index in [0.717, 1.165) is 0 Å². The van der Waals surface area contributed by atoms with Gasteiger partial charge < -0.3 is 6.15 Å². The predicted octanol–water partition coefficient (Wildman–Crippen LogP) is 1.24. The molecule has 0 rings (SSSR count). The molecule has 0 atom stereocenters. The minimum Gasteiger partial charge on any atom is -0.344 e. The fourth-order valence-corrected chi connectivity index (χ4v) is 0. The Kier molecular flexibility index (Phi) is 4100. The second-order valence-corrected chi connectivity index (χ2v) is 0.0833. The van der Waals surface area contributed by atoms with Crippen LogP contribution in [0.15, 0.2) is 0 Å². The van der Waals surface area contributed by atoms with E-state index in [4.69, 9.17) is 9.59 Å². The summed E-state index contributed by atoms with van der Waals surface area (Å²) in [6, 6.07) is 0. The van der Waals surface area contributed by atoms with Gasteiger partial charge in [-0.05, 0) is 0 Å². The molecule has 0 aliphatic heterocycles. The molecule has 0 spiro atoms. The van der Waals surface area contributed by atoms with E-state index in [2.05, 4.69) is 0 Å². The van der Waals surface area contributed by atoms with E-state index in [1.54, 1.807) is 0 Å². The van der Waals surface area contributed by atoms with Crippen LogP contribution in [-0.2, 0) is 9.59 Å². The molecular weight excluding hydrogens is 94.0 g/mol. The lowest BCUT2D eigenvalue weighted by atomic mass is 11.0. The van der Waals surface area contributed by atoms with Crippen molar-refractivity contribution in [2.75, 3.05) is 0 Å². The van der Waals surface area contributed by atoms with Crippen molar-refractivity contribution >= 4 is 6.15 Å². The maximum Gasteiger partial charge on any atom is 0.373 e. The van der Waals surface area contributed by atoms with Gasteiger partial charge in [0.1, 0.15) is 0 Å². The van der Waals surface area contributed by atoms with Gasteiger partial charge in [0.2, 0.25) is 0 Å². The van der Waals surface area contributed by atoms with E-state index in [9.17, 15) is 0 Å². The first-order chi connectivity index (χ1) is 2.41. The van der Waals surface area contributed by atoms with Crippen LogP contribution in [0.1, 0.15) is 21.3 Å². The van der Waals surface area contributed by atoms with Crippen molar-refractivity contribution in [3.8, 4) is 0 Å². The van der Waals surface area contributed by atoms with Gasteiger partial charge in [-0.3, -0.25) is 0 Å². The van der Waals surface area contributed by atoms with Gasteiger partial charge in [-0.15, -0.1) is 0 Å². The first kappa shape index (κ1) is 33.0. The monoisotopic (exact) mass is 107 g/mol.